The van der Waals surface area contributed by atoms with Crippen molar-refractivity contribution in [3.8, 4) is 23.3 Å². The molecule has 1 aromatic carbocycles. The maximum absolute atomic E-state index is 9.03. The lowest BCUT2D eigenvalue weighted by Gasteiger charge is -2.04. The summed E-state index contributed by atoms with van der Waals surface area (Å²) in [5, 5.41) is 9.03. The molecule has 0 aromatic heterocycles. The van der Waals surface area contributed by atoms with Crippen molar-refractivity contribution >= 4 is 0 Å². The van der Waals surface area contributed by atoms with Crippen LogP contribution in [0.2, 0.25) is 0 Å². The first-order valence-corrected chi connectivity index (χ1v) is 4.58. The van der Waals surface area contributed by atoms with E-state index in [1.54, 1.807) is 39.3 Å². The molecule has 0 aliphatic heterocycles. The third-order valence-electron chi connectivity index (χ3n) is 1.78. The Balaban J connectivity index is 3.03. The molecule has 0 fully saturated rings. The minimum absolute atomic E-state index is 0.637. The standard InChI is InChI=1S/C12H14O3/c1-9(13)4-5-10-6-11(14-2)8-12(7-10)15-3/h6-9,13H,1-3H3/t9-/m1/s1. The van der Waals surface area contributed by atoms with Crippen LogP contribution in [-0.4, -0.2) is 25.4 Å². The van der Waals surface area contributed by atoms with Gasteiger partial charge in [-0.2, -0.15) is 0 Å². The molecule has 0 amide bonds. The predicted molar refractivity (Wildman–Crippen MR) is 58.1 cm³/mol. The van der Waals surface area contributed by atoms with Gasteiger partial charge in [-0.05, 0) is 19.1 Å². The number of hydrogen-bond acceptors (Lipinski definition) is 3. The zero-order chi connectivity index (χ0) is 11.3. The number of methoxy groups -OCH3 is 2. The highest BCUT2D eigenvalue weighted by Gasteiger charge is 1.99. The Labute approximate surface area is 89.6 Å². The largest absolute Gasteiger partial charge is 0.497 e. The fraction of sp³-hybridized carbons (Fsp3) is 0.333. The van der Waals surface area contributed by atoms with E-state index >= 15 is 0 Å². The number of aliphatic hydroxyl groups is 1. The Kier molecular flexibility index (Phi) is 4.02. The van der Waals surface area contributed by atoms with Gasteiger partial charge in [-0.3, -0.25) is 0 Å². The Morgan fingerprint density at radius 3 is 2.07 bits per heavy atom. The number of benzene rings is 1. The van der Waals surface area contributed by atoms with Crippen LogP contribution in [0.5, 0.6) is 11.5 Å². The lowest BCUT2D eigenvalue weighted by Crippen LogP contribution is -1.93. The lowest BCUT2D eigenvalue weighted by atomic mass is 10.2. The van der Waals surface area contributed by atoms with E-state index in [2.05, 4.69) is 11.8 Å². The molecule has 0 saturated carbocycles. The smallest absolute Gasteiger partial charge is 0.123 e. The number of rotatable bonds is 2. The van der Waals surface area contributed by atoms with Crippen molar-refractivity contribution in [3.05, 3.63) is 23.8 Å². The van der Waals surface area contributed by atoms with Crippen LogP contribution < -0.4 is 9.47 Å². The Hall–Kier alpha value is -1.66. The van der Waals surface area contributed by atoms with Gasteiger partial charge < -0.3 is 14.6 Å². The fourth-order valence-electron chi connectivity index (χ4n) is 1.07. The summed E-state index contributed by atoms with van der Waals surface area (Å²) >= 11 is 0. The second-order valence-corrected chi connectivity index (χ2v) is 3.05. The second kappa shape index (κ2) is 5.28. The summed E-state index contributed by atoms with van der Waals surface area (Å²) < 4.78 is 10.2. The molecule has 0 unspecified atom stereocenters. The minimum atomic E-state index is -0.637. The van der Waals surface area contributed by atoms with Gasteiger partial charge in [0.1, 0.15) is 17.6 Å². The second-order valence-electron chi connectivity index (χ2n) is 3.05. The Morgan fingerprint density at radius 1 is 1.13 bits per heavy atom. The van der Waals surface area contributed by atoms with Crippen molar-refractivity contribution in [2.24, 2.45) is 0 Å². The van der Waals surface area contributed by atoms with Gasteiger partial charge in [0.2, 0.25) is 0 Å². The normalized spacial score (nSPS) is 11.2. The van der Waals surface area contributed by atoms with E-state index in [-0.39, 0.29) is 0 Å². The number of aliphatic hydroxyl groups excluding tert-OH is 1. The molecule has 0 saturated heterocycles. The van der Waals surface area contributed by atoms with Gasteiger partial charge in [0.15, 0.2) is 0 Å². The average Bonchev–Trinajstić information content (AvgIpc) is 2.25. The first-order chi connectivity index (χ1) is 7.15. The molecule has 0 aliphatic carbocycles. The fourth-order valence-corrected chi connectivity index (χ4v) is 1.07. The van der Waals surface area contributed by atoms with Crippen molar-refractivity contribution in [3.63, 3.8) is 0 Å². The molecule has 0 radical (unpaired) electrons. The van der Waals surface area contributed by atoms with Crippen LogP contribution in [0.25, 0.3) is 0 Å². The number of ether oxygens (including phenoxy) is 2. The minimum Gasteiger partial charge on any atom is -0.497 e. The molecule has 0 spiro atoms. The van der Waals surface area contributed by atoms with E-state index in [9.17, 15) is 0 Å². The first-order valence-electron chi connectivity index (χ1n) is 4.58. The van der Waals surface area contributed by atoms with Crippen LogP contribution in [0.3, 0.4) is 0 Å². The molecular weight excluding hydrogens is 192 g/mol. The van der Waals surface area contributed by atoms with Gasteiger partial charge in [-0.15, -0.1) is 0 Å². The van der Waals surface area contributed by atoms with Gasteiger partial charge in [0.05, 0.1) is 14.2 Å². The van der Waals surface area contributed by atoms with Crippen molar-refractivity contribution in [2.75, 3.05) is 14.2 Å². The van der Waals surface area contributed by atoms with Gasteiger partial charge in [0.25, 0.3) is 0 Å². The molecule has 0 aliphatic rings. The maximum atomic E-state index is 9.03. The van der Waals surface area contributed by atoms with Crippen LogP contribution in [0, 0.1) is 11.8 Å². The first kappa shape index (κ1) is 11.4. The maximum Gasteiger partial charge on any atom is 0.123 e. The van der Waals surface area contributed by atoms with E-state index in [4.69, 9.17) is 14.6 Å². The molecule has 3 nitrogen and oxygen atoms in total. The lowest BCUT2D eigenvalue weighted by molar-refractivity contribution is 0.253. The van der Waals surface area contributed by atoms with E-state index in [1.807, 2.05) is 0 Å². The van der Waals surface area contributed by atoms with Crippen LogP contribution >= 0.6 is 0 Å². The van der Waals surface area contributed by atoms with Crippen molar-refractivity contribution in [1.29, 1.82) is 0 Å². The molecule has 15 heavy (non-hydrogen) atoms. The Bertz CT molecular complexity index is 363. The highest BCUT2D eigenvalue weighted by Crippen LogP contribution is 2.21. The summed E-state index contributed by atoms with van der Waals surface area (Å²) in [6.07, 6.45) is -0.637. The van der Waals surface area contributed by atoms with Gasteiger partial charge in [0, 0.05) is 11.6 Å². The quantitative estimate of drug-likeness (QED) is 0.744. The predicted octanol–water partition coefficient (Wildman–Crippen LogP) is 1.44. The summed E-state index contributed by atoms with van der Waals surface area (Å²) in [5.74, 6) is 6.86. The van der Waals surface area contributed by atoms with E-state index in [0.29, 0.717) is 11.5 Å². The van der Waals surface area contributed by atoms with Gasteiger partial charge in [-0.25, -0.2) is 0 Å². The van der Waals surface area contributed by atoms with E-state index in [0.717, 1.165) is 5.56 Å². The Morgan fingerprint density at radius 2 is 1.67 bits per heavy atom. The summed E-state index contributed by atoms with van der Waals surface area (Å²) in [4.78, 5) is 0. The molecule has 1 N–H and O–H groups in total. The number of hydrogen-bond donors (Lipinski definition) is 1. The van der Waals surface area contributed by atoms with Crippen LogP contribution in [-0.2, 0) is 0 Å². The highest BCUT2D eigenvalue weighted by atomic mass is 16.5. The van der Waals surface area contributed by atoms with Crippen molar-refractivity contribution in [1.82, 2.24) is 0 Å². The third-order valence-corrected chi connectivity index (χ3v) is 1.78. The van der Waals surface area contributed by atoms with Crippen LogP contribution in [0.1, 0.15) is 12.5 Å². The van der Waals surface area contributed by atoms with Crippen molar-refractivity contribution < 1.29 is 14.6 Å². The zero-order valence-electron chi connectivity index (χ0n) is 9.07. The van der Waals surface area contributed by atoms with Crippen molar-refractivity contribution in [2.45, 2.75) is 13.0 Å². The zero-order valence-corrected chi connectivity index (χ0v) is 9.07. The van der Waals surface area contributed by atoms with Crippen LogP contribution in [0.15, 0.2) is 18.2 Å². The molecule has 1 aromatic rings. The molecular formula is C12H14O3. The third kappa shape index (κ3) is 3.53. The summed E-state index contributed by atoms with van der Waals surface area (Å²) in [6.45, 7) is 1.62. The summed E-state index contributed by atoms with van der Waals surface area (Å²) in [5.41, 5.74) is 0.757. The SMILES string of the molecule is COc1cc(C#C[C@@H](C)O)cc(OC)c1. The molecule has 80 valence electrons. The average molecular weight is 206 g/mol. The molecule has 0 bridgehead atoms. The summed E-state index contributed by atoms with van der Waals surface area (Å²) in [7, 11) is 3.17. The molecule has 3 heteroatoms. The summed E-state index contributed by atoms with van der Waals surface area (Å²) in [6, 6.07) is 5.35. The van der Waals surface area contributed by atoms with E-state index in [1.165, 1.54) is 0 Å². The van der Waals surface area contributed by atoms with Gasteiger partial charge >= 0.3 is 0 Å². The topological polar surface area (TPSA) is 38.7 Å². The van der Waals surface area contributed by atoms with E-state index < -0.39 is 6.10 Å². The molecule has 0 heterocycles. The van der Waals surface area contributed by atoms with Crippen LogP contribution in [0.4, 0.5) is 0 Å². The highest BCUT2D eigenvalue weighted by molar-refractivity contribution is 5.46. The monoisotopic (exact) mass is 206 g/mol. The molecule has 1 atom stereocenters. The molecule has 1 rings (SSSR count). The van der Waals surface area contributed by atoms with Gasteiger partial charge in [-0.1, -0.05) is 11.8 Å².